The summed E-state index contributed by atoms with van der Waals surface area (Å²) in [6.07, 6.45) is 2.22. The molecule has 2 aromatic rings. The lowest BCUT2D eigenvalue weighted by Gasteiger charge is -2.10. The van der Waals surface area contributed by atoms with Crippen molar-refractivity contribution in [3.63, 3.8) is 0 Å². The summed E-state index contributed by atoms with van der Waals surface area (Å²) in [7, 11) is 0. The monoisotopic (exact) mass is 366 g/mol. The van der Waals surface area contributed by atoms with Crippen LogP contribution in [0.25, 0.3) is 5.69 Å². The van der Waals surface area contributed by atoms with Crippen molar-refractivity contribution in [2.24, 2.45) is 11.7 Å². The Balaban J connectivity index is 0.00000225. The van der Waals surface area contributed by atoms with Crippen LogP contribution in [0.15, 0.2) is 24.3 Å². The van der Waals surface area contributed by atoms with Gasteiger partial charge in [0.2, 0.25) is 0 Å². The zero-order chi connectivity index (χ0) is 17.3. The Morgan fingerprint density at radius 3 is 2.88 bits per heavy atom. The molecule has 1 aliphatic rings. The van der Waals surface area contributed by atoms with Crippen molar-refractivity contribution in [1.82, 2.24) is 20.3 Å². The van der Waals surface area contributed by atoms with E-state index < -0.39 is 4.92 Å². The average Bonchev–Trinajstić information content (AvgIpc) is 3.35. The maximum atomic E-state index is 12.2. The second-order valence-electron chi connectivity index (χ2n) is 5.92. The fourth-order valence-electron chi connectivity index (χ4n) is 2.51. The molecule has 0 aliphatic heterocycles. The number of nitro groups is 1. The third kappa shape index (κ3) is 4.12. The largest absolute Gasteiger partial charge is 0.349 e. The Hall–Kier alpha value is -2.52. The quantitative estimate of drug-likeness (QED) is 0.586. The highest BCUT2D eigenvalue weighted by Gasteiger charge is 2.29. The summed E-state index contributed by atoms with van der Waals surface area (Å²) in [4.78, 5) is 22.6. The van der Waals surface area contributed by atoms with Crippen LogP contribution >= 0.6 is 12.4 Å². The van der Waals surface area contributed by atoms with E-state index in [0.717, 1.165) is 12.8 Å². The van der Waals surface area contributed by atoms with Crippen LogP contribution in [0.5, 0.6) is 0 Å². The van der Waals surface area contributed by atoms with Crippen LogP contribution in [0.2, 0.25) is 0 Å². The second-order valence-corrected chi connectivity index (χ2v) is 5.92. The number of halogens is 1. The number of nitro benzene ring substituents is 1. The standard InChI is InChI=1S/C15H18N6O3.ClH/c1-9-14(15(22)17-8-13(16)10-5-6-10)18-19-20(9)11-3-2-4-12(7-11)21(23)24;/h2-4,7,10,13H,5-6,8,16H2,1H3,(H,17,22);1H. The number of hydrogen-bond donors (Lipinski definition) is 2. The summed E-state index contributed by atoms with van der Waals surface area (Å²) < 4.78 is 1.41. The Bertz CT molecular complexity index is 789. The van der Waals surface area contributed by atoms with Crippen LogP contribution in [0.3, 0.4) is 0 Å². The summed E-state index contributed by atoms with van der Waals surface area (Å²) in [5.41, 5.74) is 7.08. The minimum absolute atomic E-state index is 0. The number of carbonyl (C=O) groups is 1. The van der Waals surface area contributed by atoms with Crippen LogP contribution in [0.4, 0.5) is 5.69 Å². The van der Waals surface area contributed by atoms with Crippen LogP contribution in [-0.2, 0) is 0 Å². The van der Waals surface area contributed by atoms with Crippen molar-refractivity contribution in [3.05, 3.63) is 45.8 Å². The molecule has 1 atom stereocenters. The molecule has 1 fully saturated rings. The number of hydrogen-bond acceptors (Lipinski definition) is 6. The van der Waals surface area contributed by atoms with Gasteiger partial charge in [-0.2, -0.15) is 0 Å². The first-order valence-electron chi connectivity index (χ1n) is 7.68. The molecule has 0 bridgehead atoms. The van der Waals surface area contributed by atoms with Crippen molar-refractivity contribution in [1.29, 1.82) is 0 Å². The van der Waals surface area contributed by atoms with E-state index in [1.165, 1.54) is 16.8 Å². The molecule has 3 N–H and O–H groups in total. The van der Waals surface area contributed by atoms with Crippen molar-refractivity contribution >= 4 is 24.0 Å². The Labute approximate surface area is 150 Å². The van der Waals surface area contributed by atoms with Crippen molar-refractivity contribution in [2.75, 3.05) is 6.54 Å². The summed E-state index contributed by atoms with van der Waals surface area (Å²) in [5.74, 6) is 0.146. The molecule has 0 spiro atoms. The minimum Gasteiger partial charge on any atom is -0.349 e. The molecule has 1 heterocycles. The molecule has 9 nitrogen and oxygen atoms in total. The third-order valence-electron chi connectivity index (χ3n) is 4.12. The molecule has 10 heteroatoms. The first kappa shape index (κ1) is 18.8. The Morgan fingerprint density at radius 2 is 2.24 bits per heavy atom. The molecule has 1 unspecified atom stereocenters. The molecule has 0 saturated heterocycles. The number of nitrogens with one attached hydrogen (secondary N) is 1. The van der Waals surface area contributed by atoms with Gasteiger partial charge in [0.15, 0.2) is 5.69 Å². The summed E-state index contributed by atoms with van der Waals surface area (Å²) in [6, 6.07) is 5.96. The van der Waals surface area contributed by atoms with Gasteiger partial charge in [-0.05, 0) is 31.7 Å². The van der Waals surface area contributed by atoms with Gasteiger partial charge in [0.05, 0.1) is 16.3 Å². The van der Waals surface area contributed by atoms with Crippen molar-refractivity contribution < 1.29 is 9.72 Å². The van der Waals surface area contributed by atoms with E-state index in [1.807, 2.05) is 0 Å². The molecule has 0 radical (unpaired) electrons. The molecule has 134 valence electrons. The molecule has 1 aliphatic carbocycles. The maximum Gasteiger partial charge on any atom is 0.273 e. The van der Waals surface area contributed by atoms with Crippen LogP contribution < -0.4 is 11.1 Å². The number of non-ortho nitro benzene ring substituents is 1. The zero-order valence-corrected chi connectivity index (χ0v) is 14.4. The van der Waals surface area contributed by atoms with Crippen LogP contribution in [0.1, 0.15) is 29.0 Å². The highest BCUT2D eigenvalue weighted by molar-refractivity contribution is 5.93. The number of nitrogens with zero attached hydrogens (tertiary/aromatic N) is 4. The first-order valence-corrected chi connectivity index (χ1v) is 7.68. The Morgan fingerprint density at radius 1 is 1.52 bits per heavy atom. The smallest absolute Gasteiger partial charge is 0.273 e. The van der Waals surface area contributed by atoms with Crippen LogP contribution in [0, 0.1) is 23.0 Å². The van der Waals surface area contributed by atoms with Gasteiger partial charge in [-0.1, -0.05) is 11.3 Å². The molecular formula is C15H19ClN6O3. The van der Waals surface area contributed by atoms with Crippen LogP contribution in [-0.4, -0.2) is 38.4 Å². The van der Waals surface area contributed by atoms with E-state index >= 15 is 0 Å². The van der Waals surface area contributed by atoms with E-state index in [0.29, 0.717) is 23.8 Å². The molecule has 1 aromatic carbocycles. The summed E-state index contributed by atoms with van der Waals surface area (Å²) in [6.45, 7) is 2.08. The zero-order valence-electron chi connectivity index (χ0n) is 13.6. The van der Waals surface area contributed by atoms with Crippen molar-refractivity contribution in [2.45, 2.75) is 25.8 Å². The highest BCUT2D eigenvalue weighted by Crippen LogP contribution is 2.31. The molecule has 1 amide bonds. The van der Waals surface area contributed by atoms with E-state index in [9.17, 15) is 14.9 Å². The lowest BCUT2D eigenvalue weighted by molar-refractivity contribution is -0.384. The van der Waals surface area contributed by atoms with Gasteiger partial charge in [-0.3, -0.25) is 14.9 Å². The van der Waals surface area contributed by atoms with Gasteiger partial charge in [0.25, 0.3) is 11.6 Å². The van der Waals surface area contributed by atoms with E-state index in [-0.39, 0.29) is 35.7 Å². The van der Waals surface area contributed by atoms with Gasteiger partial charge in [0, 0.05) is 24.7 Å². The molecular weight excluding hydrogens is 348 g/mol. The second kappa shape index (κ2) is 7.58. The van der Waals surface area contributed by atoms with Gasteiger partial charge in [0.1, 0.15) is 0 Å². The van der Waals surface area contributed by atoms with Gasteiger partial charge < -0.3 is 11.1 Å². The van der Waals surface area contributed by atoms with E-state index in [2.05, 4.69) is 15.6 Å². The van der Waals surface area contributed by atoms with Crippen molar-refractivity contribution in [3.8, 4) is 5.69 Å². The average molecular weight is 367 g/mol. The number of rotatable bonds is 6. The minimum atomic E-state index is -0.483. The highest BCUT2D eigenvalue weighted by atomic mass is 35.5. The molecule has 1 aromatic heterocycles. The summed E-state index contributed by atoms with van der Waals surface area (Å²) in [5, 5.41) is 21.5. The lowest BCUT2D eigenvalue weighted by Crippen LogP contribution is -2.38. The molecule has 25 heavy (non-hydrogen) atoms. The normalized spacial score (nSPS) is 14.5. The predicted octanol–water partition coefficient (Wildman–Crippen LogP) is 1.37. The third-order valence-corrected chi connectivity index (χ3v) is 4.12. The predicted molar refractivity (Wildman–Crippen MR) is 93.0 cm³/mol. The number of carbonyl (C=O) groups excluding carboxylic acids is 1. The first-order chi connectivity index (χ1) is 11.5. The number of benzene rings is 1. The van der Waals surface area contributed by atoms with Gasteiger partial charge in [-0.15, -0.1) is 17.5 Å². The number of nitrogens with two attached hydrogens (primary N) is 1. The van der Waals surface area contributed by atoms with Gasteiger partial charge >= 0.3 is 0 Å². The van der Waals surface area contributed by atoms with E-state index in [1.54, 1.807) is 19.1 Å². The number of amides is 1. The Kier molecular flexibility index (Phi) is 5.70. The number of aromatic nitrogens is 3. The molecule has 3 rings (SSSR count). The van der Waals surface area contributed by atoms with E-state index in [4.69, 9.17) is 5.73 Å². The SMILES string of the molecule is Cc1c(C(=O)NCC(N)C2CC2)nnn1-c1cccc([N+](=O)[O-])c1.Cl. The maximum absolute atomic E-state index is 12.2. The molecule has 1 saturated carbocycles. The topological polar surface area (TPSA) is 129 Å². The fraction of sp³-hybridized carbons (Fsp3) is 0.400. The summed E-state index contributed by atoms with van der Waals surface area (Å²) >= 11 is 0. The van der Waals surface area contributed by atoms with Gasteiger partial charge in [-0.25, -0.2) is 4.68 Å². The lowest BCUT2D eigenvalue weighted by atomic mass is 10.2. The fourth-order valence-corrected chi connectivity index (χ4v) is 2.51.